The molecule has 0 unspecified atom stereocenters. The Morgan fingerprint density at radius 2 is 1.81 bits per heavy atom. The van der Waals surface area contributed by atoms with Gasteiger partial charge in [0.1, 0.15) is 11.4 Å². The van der Waals surface area contributed by atoms with E-state index in [4.69, 9.17) is 9.63 Å². The molecule has 1 aromatic carbocycles. The van der Waals surface area contributed by atoms with Gasteiger partial charge in [0, 0.05) is 5.56 Å². The lowest BCUT2D eigenvalue weighted by atomic mass is 9.76. The van der Waals surface area contributed by atoms with Crippen LogP contribution in [0, 0.1) is 42.9 Å². The van der Waals surface area contributed by atoms with Gasteiger partial charge in [-0.05, 0) is 86.1 Å². The molecule has 7 heteroatoms. The Balaban J connectivity index is 1.62. The fourth-order valence-corrected chi connectivity index (χ4v) is 5.34. The highest BCUT2D eigenvalue weighted by Gasteiger charge is 2.54. The second-order valence-electron chi connectivity index (χ2n) is 10.4. The van der Waals surface area contributed by atoms with Gasteiger partial charge in [-0.15, -0.1) is 0 Å². The van der Waals surface area contributed by atoms with E-state index >= 15 is 0 Å². The number of anilines is 1. The number of rotatable bonds is 5. The molecule has 7 nitrogen and oxygen atoms in total. The van der Waals surface area contributed by atoms with Crippen LogP contribution in [-0.4, -0.2) is 27.4 Å². The molecule has 3 N–H and O–H groups in total. The van der Waals surface area contributed by atoms with E-state index in [-0.39, 0.29) is 11.4 Å². The van der Waals surface area contributed by atoms with Crippen molar-refractivity contribution in [3.8, 4) is 11.8 Å². The Kier molecular flexibility index (Phi) is 7.53. The monoisotopic (exact) mass is 490 g/mol. The molecule has 0 aliphatic heterocycles. The summed E-state index contributed by atoms with van der Waals surface area (Å²) in [4.78, 5) is 23.3. The standard InChI is InChI=1S/C29H34N2O5/c1-18-6-4-8-22(9-5-7-18)24(29(14-15-29)27(32)33)17-23-12-10-21(16-19(23)2)11-13-25-26(30-28(34)35)20(3)31-36-25/h10,12,16-18,22,30H,4-9,14-15H2,1-3H3,(H,32,33)(H,34,35)/b24-17+. The van der Waals surface area contributed by atoms with Crippen molar-refractivity contribution >= 4 is 23.8 Å². The Morgan fingerprint density at radius 3 is 2.39 bits per heavy atom. The summed E-state index contributed by atoms with van der Waals surface area (Å²) in [6.07, 6.45) is 9.18. The Labute approximate surface area is 212 Å². The third kappa shape index (κ3) is 5.64. The summed E-state index contributed by atoms with van der Waals surface area (Å²) in [6, 6.07) is 5.85. The van der Waals surface area contributed by atoms with Crippen LogP contribution in [0.2, 0.25) is 0 Å². The summed E-state index contributed by atoms with van der Waals surface area (Å²) in [5.74, 6) is 6.41. The number of aryl methyl sites for hydroxylation is 2. The molecule has 0 spiro atoms. The first-order chi connectivity index (χ1) is 17.2. The lowest BCUT2D eigenvalue weighted by Gasteiger charge is -2.28. The lowest BCUT2D eigenvalue weighted by molar-refractivity contribution is -0.142. The smallest absolute Gasteiger partial charge is 0.409 e. The van der Waals surface area contributed by atoms with E-state index in [1.807, 2.05) is 25.1 Å². The number of carboxylic acid groups (broad SMARTS) is 2. The average Bonchev–Trinajstić information content (AvgIpc) is 3.55. The first-order valence-electron chi connectivity index (χ1n) is 12.7. The molecule has 36 heavy (non-hydrogen) atoms. The maximum Gasteiger partial charge on any atom is 0.409 e. The summed E-state index contributed by atoms with van der Waals surface area (Å²) in [5.41, 5.74) is 3.82. The number of amides is 1. The molecule has 2 saturated carbocycles. The van der Waals surface area contributed by atoms with Crippen molar-refractivity contribution in [2.24, 2.45) is 17.3 Å². The molecule has 0 atom stereocenters. The van der Waals surface area contributed by atoms with Crippen LogP contribution >= 0.6 is 0 Å². The van der Waals surface area contributed by atoms with E-state index in [2.05, 4.69) is 35.3 Å². The van der Waals surface area contributed by atoms with Crippen LogP contribution in [0.1, 0.15) is 86.4 Å². The second kappa shape index (κ2) is 10.6. The van der Waals surface area contributed by atoms with Gasteiger partial charge in [-0.3, -0.25) is 10.1 Å². The van der Waals surface area contributed by atoms with Crippen molar-refractivity contribution in [3.63, 3.8) is 0 Å². The van der Waals surface area contributed by atoms with E-state index in [1.54, 1.807) is 6.92 Å². The van der Waals surface area contributed by atoms with Crippen molar-refractivity contribution in [2.75, 3.05) is 5.32 Å². The summed E-state index contributed by atoms with van der Waals surface area (Å²) >= 11 is 0. The average molecular weight is 491 g/mol. The topological polar surface area (TPSA) is 113 Å². The highest BCUT2D eigenvalue weighted by molar-refractivity contribution is 5.85. The van der Waals surface area contributed by atoms with Crippen molar-refractivity contribution in [2.45, 2.75) is 72.1 Å². The summed E-state index contributed by atoms with van der Waals surface area (Å²) in [6.45, 7) is 5.96. The first kappa shape index (κ1) is 25.6. The number of hydrogen-bond acceptors (Lipinski definition) is 4. The molecule has 1 aromatic heterocycles. The predicted molar refractivity (Wildman–Crippen MR) is 138 cm³/mol. The molecule has 1 heterocycles. The summed E-state index contributed by atoms with van der Waals surface area (Å²) in [7, 11) is 0. The SMILES string of the molecule is Cc1cc(C#Cc2onc(C)c2NC(=O)O)ccc1/C=C(\C1CCCC(C)CCC1)C1(C(=O)O)CC1. The number of aromatic nitrogens is 1. The zero-order chi connectivity index (χ0) is 25.9. The Bertz CT molecular complexity index is 1230. The van der Waals surface area contributed by atoms with Crippen molar-refractivity contribution in [3.05, 3.63) is 51.9 Å². The number of benzene rings is 1. The minimum Gasteiger partial charge on any atom is -0.481 e. The number of aliphatic carboxylic acids is 1. The number of nitrogens with one attached hydrogen (secondary N) is 1. The quantitative estimate of drug-likeness (QED) is 0.405. The van der Waals surface area contributed by atoms with Crippen LogP contribution < -0.4 is 5.32 Å². The molecule has 2 aromatic rings. The molecule has 1 amide bonds. The van der Waals surface area contributed by atoms with Crippen LogP contribution in [-0.2, 0) is 4.79 Å². The summed E-state index contributed by atoms with van der Waals surface area (Å²) in [5, 5.41) is 25.2. The van der Waals surface area contributed by atoms with Crippen LogP contribution in [0.25, 0.3) is 6.08 Å². The maximum absolute atomic E-state index is 12.3. The number of nitrogens with zero attached hydrogens (tertiary/aromatic N) is 1. The van der Waals surface area contributed by atoms with Crippen molar-refractivity contribution in [1.29, 1.82) is 0 Å². The fraction of sp³-hybridized carbons (Fsp3) is 0.483. The third-order valence-electron chi connectivity index (χ3n) is 7.65. The van der Waals surface area contributed by atoms with Gasteiger partial charge >= 0.3 is 12.1 Å². The van der Waals surface area contributed by atoms with Gasteiger partial charge < -0.3 is 14.7 Å². The first-order valence-corrected chi connectivity index (χ1v) is 12.7. The number of carboxylic acids is 1. The molecule has 0 radical (unpaired) electrons. The van der Waals surface area contributed by atoms with E-state index in [1.165, 1.54) is 12.8 Å². The van der Waals surface area contributed by atoms with Crippen LogP contribution in [0.5, 0.6) is 0 Å². The zero-order valence-corrected chi connectivity index (χ0v) is 21.2. The minimum atomic E-state index is -1.21. The van der Waals surface area contributed by atoms with Gasteiger partial charge in [-0.25, -0.2) is 4.79 Å². The van der Waals surface area contributed by atoms with Gasteiger partial charge in [0.2, 0.25) is 5.76 Å². The molecule has 4 rings (SSSR count). The number of carbonyl (C=O) groups is 2. The summed E-state index contributed by atoms with van der Waals surface area (Å²) < 4.78 is 5.17. The van der Waals surface area contributed by atoms with Crippen LogP contribution in [0.15, 0.2) is 28.3 Å². The van der Waals surface area contributed by atoms with Crippen molar-refractivity contribution < 1.29 is 24.3 Å². The third-order valence-corrected chi connectivity index (χ3v) is 7.65. The maximum atomic E-state index is 12.3. The second-order valence-corrected chi connectivity index (χ2v) is 10.4. The van der Waals surface area contributed by atoms with Gasteiger partial charge in [0.25, 0.3) is 0 Å². The lowest BCUT2D eigenvalue weighted by Crippen LogP contribution is -2.24. The van der Waals surface area contributed by atoms with E-state index in [0.29, 0.717) is 24.5 Å². The van der Waals surface area contributed by atoms with Gasteiger partial charge in [-0.2, -0.15) is 0 Å². The van der Waals surface area contributed by atoms with E-state index in [0.717, 1.165) is 53.9 Å². The minimum absolute atomic E-state index is 0.162. The molecule has 190 valence electrons. The van der Waals surface area contributed by atoms with Crippen LogP contribution in [0.4, 0.5) is 10.5 Å². The Morgan fingerprint density at radius 1 is 1.11 bits per heavy atom. The van der Waals surface area contributed by atoms with Gasteiger partial charge in [0.15, 0.2) is 0 Å². The van der Waals surface area contributed by atoms with Crippen molar-refractivity contribution in [1.82, 2.24) is 5.16 Å². The highest BCUT2D eigenvalue weighted by Crippen LogP contribution is 2.56. The molecule has 2 fully saturated rings. The zero-order valence-electron chi connectivity index (χ0n) is 21.2. The van der Waals surface area contributed by atoms with Crippen LogP contribution in [0.3, 0.4) is 0 Å². The molecule has 0 bridgehead atoms. The molecular weight excluding hydrogens is 456 g/mol. The van der Waals surface area contributed by atoms with E-state index < -0.39 is 17.5 Å². The highest BCUT2D eigenvalue weighted by atomic mass is 16.5. The fourth-order valence-electron chi connectivity index (χ4n) is 5.34. The van der Waals surface area contributed by atoms with Gasteiger partial charge in [0.05, 0.1) is 5.41 Å². The molecular formula is C29H34N2O5. The molecule has 2 aliphatic rings. The predicted octanol–water partition coefficient (Wildman–Crippen LogP) is 6.64. The largest absolute Gasteiger partial charge is 0.481 e. The molecule has 0 saturated heterocycles. The Hall–Kier alpha value is -3.53. The van der Waals surface area contributed by atoms with E-state index in [9.17, 15) is 14.7 Å². The number of hydrogen-bond donors (Lipinski definition) is 3. The normalized spacial score (nSPS) is 21.5. The van der Waals surface area contributed by atoms with Gasteiger partial charge in [-0.1, -0.05) is 55.8 Å². The molecule has 2 aliphatic carbocycles.